The lowest BCUT2D eigenvalue weighted by atomic mass is 9.98. The number of hydrogen-bond acceptors (Lipinski definition) is 3. The summed E-state index contributed by atoms with van der Waals surface area (Å²) in [4.78, 5) is 15.0. The van der Waals surface area contributed by atoms with Gasteiger partial charge in [0.15, 0.2) is 0 Å². The fraction of sp³-hybridized carbons (Fsp3) is 0.250. The highest BCUT2D eigenvalue weighted by Gasteiger charge is 2.12. The molecule has 4 nitrogen and oxygen atoms in total. The average Bonchev–Trinajstić information content (AvgIpc) is 2.42. The zero-order chi connectivity index (χ0) is 14.7. The van der Waals surface area contributed by atoms with E-state index in [1.807, 2.05) is 50.4 Å². The second-order valence-corrected chi connectivity index (χ2v) is 4.99. The number of nitrogens with two attached hydrogens (primary N) is 1. The van der Waals surface area contributed by atoms with Gasteiger partial charge in [0.05, 0.1) is 0 Å². The van der Waals surface area contributed by atoms with Crippen molar-refractivity contribution in [2.24, 2.45) is 5.73 Å². The molecule has 0 radical (unpaired) electrons. The summed E-state index contributed by atoms with van der Waals surface area (Å²) >= 11 is 0. The Balaban J connectivity index is 2.24. The van der Waals surface area contributed by atoms with Crippen LogP contribution >= 0.6 is 0 Å². The van der Waals surface area contributed by atoms with Crippen molar-refractivity contribution < 1.29 is 9.90 Å². The maximum Gasteiger partial charge on any atom is 0.320 e. The minimum absolute atomic E-state index is 0.337. The van der Waals surface area contributed by atoms with E-state index in [2.05, 4.69) is 4.98 Å². The first kappa shape index (κ1) is 14.2. The lowest BCUT2D eigenvalue weighted by Gasteiger charge is -2.09. The summed E-state index contributed by atoms with van der Waals surface area (Å²) in [5, 5.41) is 8.81. The van der Waals surface area contributed by atoms with Crippen molar-refractivity contribution in [3.05, 3.63) is 53.3 Å². The molecule has 1 aromatic carbocycles. The molecule has 0 aliphatic heterocycles. The number of carboxylic acid groups (broad SMARTS) is 1. The third-order valence-electron chi connectivity index (χ3n) is 3.28. The number of rotatable bonds is 4. The summed E-state index contributed by atoms with van der Waals surface area (Å²) in [5.41, 5.74) is 10.8. The van der Waals surface area contributed by atoms with Crippen LogP contribution in [0.5, 0.6) is 0 Å². The van der Waals surface area contributed by atoms with Gasteiger partial charge in [0, 0.05) is 11.9 Å². The number of carbonyl (C=O) groups is 1. The summed E-state index contributed by atoms with van der Waals surface area (Å²) in [5.74, 6) is -0.977. The van der Waals surface area contributed by atoms with Gasteiger partial charge in [-0.2, -0.15) is 0 Å². The Morgan fingerprint density at radius 1 is 1.30 bits per heavy atom. The van der Waals surface area contributed by atoms with Crippen molar-refractivity contribution in [3.8, 4) is 11.1 Å². The number of benzene rings is 1. The summed E-state index contributed by atoms with van der Waals surface area (Å²) in [6, 6.07) is 9.02. The largest absolute Gasteiger partial charge is 0.480 e. The van der Waals surface area contributed by atoms with Crippen molar-refractivity contribution >= 4 is 5.97 Å². The van der Waals surface area contributed by atoms with Crippen molar-refractivity contribution in [2.75, 3.05) is 0 Å². The Bertz CT molecular complexity index is 621. The van der Waals surface area contributed by atoms with E-state index in [9.17, 15) is 4.79 Å². The van der Waals surface area contributed by atoms with Gasteiger partial charge in [-0.25, -0.2) is 0 Å². The molecule has 1 atom stereocenters. The molecule has 0 saturated heterocycles. The Morgan fingerprint density at radius 3 is 2.55 bits per heavy atom. The van der Waals surface area contributed by atoms with Gasteiger partial charge in [-0.1, -0.05) is 24.3 Å². The summed E-state index contributed by atoms with van der Waals surface area (Å²) in [7, 11) is 0. The van der Waals surface area contributed by atoms with Gasteiger partial charge in [0.2, 0.25) is 0 Å². The number of pyridine rings is 1. The van der Waals surface area contributed by atoms with Crippen LogP contribution in [0.1, 0.15) is 16.8 Å². The first-order valence-corrected chi connectivity index (χ1v) is 6.48. The quantitative estimate of drug-likeness (QED) is 0.894. The molecule has 20 heavy (non-hydrogen) atoms. The lowest BCUT2D eigenvalue weighted by Crippen LogP contribution is -2.32. The van der Waals surface area contributed by atoms with Crippen LogP contribution in [0.2, 0.25) is 0 Å². The SMILES string of the molecule is Cc1cc(-c2ccc(C[C@H](N)C(=O)O)cc2)c(C)cn1. The van der Waals surface area contributed by atoms with Gasteiger partial charge in [-0.15, -0.1) is 0 Å². The number of aliphatic carboxylic acids is 1. The smallest absolute Gasteiger partial charge is 0.320 e. The zero-order valence-corrected chi connectivity index (χ0v) is 11.6. The van der Waals surface area contributed by atoms with E-state index in [1.165, 1.54) is 0 Å². The van der Waals surface area contributed by atoms with Gasteiger partial charge in [-0.3, -0.25) is 9.78 Å². The molecule has 2 rings (SSSR count). The number of hydrogen-bond donors (Lipinski definition) is 2. The number of carboxylic acids is 1. The molecule has 0 aliphatic rings. The van der Waals surface area contributed by atoms with Crippen LogP contribution in [0.4, 0.5) is 0 Å². The van der Waals surface area contributed by atoms with E-state index >= 15 is 0 Å². The number of nitrogens with zero attached hydrogens (tertiary/aromatic N) is 1. The van der Waals surface area contributed by atoms with Gasteiger partial charge in [-0.05, 0) is 48.6 Å². The van der Waals surface area contributed by atoms with E-state index in [0.29, 0.717) is 6.42 Å². The fourth-order valence-corrected chi connectivity index (χ4v) is 2.10. The molecule has 0 fully saturated rings. The van der Waals surface area contributed by atoms with Gasteiger partial charge >= 0.3 is 5.97 Å². The molecule has 0 spiro atoms. The molecule has 1 aromatic heterocycles. The van der Waals surface area contributed by atoms with E-state index in [4.69, 9.17) is 10.8 Å². The second-order valence-electron chi connectivity index (χ2n) is 4.99. The van der Waals surface area contributed by atoms with Crippen LogP contribution in [0, 0.1) is 13.8 Å². The van der Waals surface area contributed by atoms with Crippen LogP contribution < -0.4 is 5.73 Å². The standard InChI is InChI=1S/C16H18N2O2/c1-10-9-18-11(2)7-14(10)13-5-3-12(4-6-13)8-15(17)16(19)20/h3-7,9,15H,8,17H2,1-2H3,(H,19,20)/t15-/m0/s1. The average molecular weight is 270 g/mol. The van der Waals surface area contributed by atoms with Gasteiger partial charge in [0.25, 0.3) is 0 Å². The number of aromatic nitrogens is 1. The highest BCUT2D eigenvalue weighted by Crippen LogP contribution is 2.24. The summed E-state index contributed by atoms with van der Waals surface area (Å²) < 4.78 is 0. The van der Waals surface area contributed by atoms with E-state index in [0.717, 1.165) is 27.9 Å². The topological polar surface area (TPSA) is 76.2 Å². The third kappa shape index (κ3) is 3.22. The summed E-state index contributed by atoms with van der Waals surface area (Å²) in [6.45, 7) is 3.99. The predicted molar refractivity (Wildman–Crippen MR) is 78.5 cm³/mol. The minimum atomic E-state index is -0.977. The Morgan fingerprint density at radius 2 is 1.95 bits per heavy atom. The van der Waals surface area contributed by atoms with Crippen molar-refractivity contribution in [1.82, 2.24) is 4.98 Å². The first-order chi connectivity index (χ1) is 9.47. The highest BCUT2D eigenvalue weighted by atomic mass is 16.4. The van der Waals surface area contributed by atoms with Gasteiger partial charge in [0.1, 0.15) is 6.04 Å². The van der Waals surface area contributed by atoms with Crippen LogP contribution in [-0.4, -0.2) is 22.1 Å². The van der Waals surface area contributed by atoms with E-state index in [-0.39, 0.29) is 0 Å². The maximum atomic E-state index is 10.7. The molecule has 0 unspecified atom stereocenters. The fourth-order valence-electron chi connectivity index (χ4n) is 2.10. The lowest BCUT2D eigenvalue weighted by molar-refractivity contribution is -0.138. The van der Waals surface area contributed by atoms with Crippen molar-refractivity contribution in [1.29, 1.82) is 0 Å². The minimum Gasteiger partial charge on any atom is -0.480 e. The Labute approximate surface area is 118 Å². The molecule has 2 aromatic rings. The van der Waals surface area contributed by atoms with Crippen LogP contribution in [0.3, 0.4) is 0 Å². The van der Waals surface area contributed by atoms with Crippen molar-refractivity contribution in [3.63, 3.8) is 0 Å². The van der Waals surface area contributed by atoms with Crippen LogP contribution in [0.15, 0.2) is 36.5 Å². The predicted octanol–water partition coefficient (Wildman–Crippen LogP) is 2.32. The van der Waals surface area contributed by atoms with Crippen LogP contribution in [-0.2, 0) is 11.2 Å². The van der Waals surface area contributed by atoms with Crippen LogP contribution in [0.25, 0.3) is 11.1 Å². The zero-order valence-electron chi connectivity index (χ0n) is 11.6. The molecule has 0 amide bonds. The van der Waals surface area contributed by atoms with E-state index in [1.54, 1.807) is 0 Å². The molecule has 4 heteroatoms. The summed E-state index contributed by atoms with van der Waals surface area (Å²) in [6.07, 6.45) is 2.20. The Kier molecular flexibility index (Phi) is 4.15. The molecular weight excluding hydrogens is 252 g/mol. The molecule has 3 N–H and O–H groups in total. The first-order valence-electron chi connectivity index (χ1n) is 6.48. The van der Waals surface area contributed by atoms with E-state index < -0.39 is 12.0 Å². The molecule has 1 heterocycles. The number of aryl methyl sites for hydroxylation is 2. The molecule has 0 aliphatic carbocycles. The van der Waals surface area contributed by atoms with Crippen molar-refractivity contribution in [2.45, 2.75) is 26.3 Å². The third-order valence-corrected chi connectivity index (χ3v) is 3.28. The maximum absolute atomic E-state index is 10.7. The molecule has 0 saturated carbocycles. The monoisotopic (exact) mass is 270 g/mol. The normalized spacial score (nSPS) is 12.2. The highest BCUT2D eigenvalue weighted by molar-refractivity contribution is 5.73. The second kappa shape index (κ2) is 5.84. The molecule has 0 bridgehead atoms. The molecular formula is C16H18N2O2. The molecule has 104 valence electrons. The van der Waals surface area contributed by atoms with Gasteiger partial charge < -0.3 is 10.8 Å². The Hall–Kier alpha value is -2.20.